The maximum absolute atomic E-state index is 12.3. The van der Waals surface area contributed by atoms with Crippen molar-refractivity contribution in [1.82, 2.24) is 10.2 Å². The molecule has 0 spiro atoms. The first-order valence-corrected chi connectivity index (χ1v) is 9.11. The van der Waals surface area contributed by atoms with E-state index < -0.39 is 0 Å². The average molecular weight is 419 g/mol. The van der Waals surface area contributed by atoms with Crippen molar-refractivity contribution in [2.45, 2.75) is 25.4 Å². The van der Waals surface area contributed by atoms with E-state index >= 15 is 0 Å². The smallest absolute Gasteiger partial charge is 0.251 e. The van der Waals surface area contributed by atoms with Gasteiger partial charge in [0.05, 0.1) is 0 Å². The summed E-state index contributed by atoms with van der Waals surface area (Å²) in [6.07, 6.45) is 2.03. The Kier molecular flexibility index (Phi) is 5.67. The van der Waals surface area contributed by atoms with Crippen LogP contribution in [-0.2, 0) is 6.54 Å². The second kappa shape index (κ2) is 7.93. The summed E-state index contributed by atoms with van der Waals surface area (Å²) >= 11 is 2.25. The maximum atomic E-state index is 12.3. The van der Waals surface area contributed by atoms with E-state index in [2.05, 4.69) is 63.1 Å². The lowest BCUT2D eigenvalue weighted by Crippen LogP contribution is -2.44. The van der Waals surface area contributed by atoms with Crippen molar-refractivity contribution in [2.24, 2.45) is 0 Å². The van der Waals surface area contributed by atoms with Crippen molar-refractivity contribution in [3.05, 3.63) is 69.3 Å². The fourth-order valence-electron chi connectivity index (χ4n) is 2.95. The Morgan fingerprint density at radius 3 is 2.35 bits per heavy atom. The Hall–Kier alpha value is -1.40. The summed E-state index contributed by atoms with van der Waals surface area (Å²) in [6.45, 7) is 3.07. The first-order valence-electron chi connectivity index (χ1n) is 8.03. The zero-order valence-electron chi connectivity index (χ0n) is 13.0. The number of amides is 1. The normalized spacial score (nSPS) is 16.2. The lowest BCUT2D eigenvalue weighted by atomic mass is 9.86. The second-order valence-electron chi connectivity index (χ2n) is 6.02. The quantitative estimate of drug-likeness (QED) is 0.767. The molecule has 0 aliphatic carbocycles. The van der Waals surface area contributed by atoms with Gasteiger partial charge in [0.15, 0.2) is 0 Å². The highest BCUT2D eigenvalue weighted by Crippen LogP contribution is 2.15. The van der Waals surface area contributed by atoms with Crippen molar-refractivity contribution < 1.29 is 4.79 Å². The molecular weight excluding hydrogens is 398 g/mol. The van der Waals surface area contributed by atoms with Crippen LogP contribution in [0.15, 0.2) is 54.6 Å². The number of nitrogens with one attached hydrogen (secondary N) is 1. The van der Waals surface area contributed by atoms with Gasteiger partial charge >= 0.3 is 0 Å². The molecule has 0 bridgehead atoms. The number of carbonyl (C=O) groups is 1. The molecule has 2 aromatic rings. The highest BCUT2D eigenvalue weighted by molar-refractivity contribution is 14.1. The molecule has 1 amide bonds. The standard InChI is InChI=1S/C19H21IN2O/c20-17-8-6-16(7-9-17)19(23)21-18-10-12-22(13-11-18)14-15-4-2-1-3-5-15/h1-9,18H,10-14H2,(H,21,23)/i19-1. The fraction of sp³-hybridized carbons (Fsp3) is 0.316. The lowest BCUT2D eigenvalue weighted by Gasteiger charge is -2.32. The zero-order valence-corrected chi connectivity index (χ0v) is 15.2. The van der Waals surface area contributed by atoms with E-state index in [4.69, 9.17) is 0 Å². The van der Waals surface area contributed by atoms with Gasteiger partial charge in [0, 0.05) is 34.8 Å². The predicted octanol–water partition coefficient (Wildman–Crippen LogP) is 3.69. The van der Waals surface area contributed by atoms with E-state index in [1.165, 1.54) is 5.56 Å². The van der Waals surface area contributed by atoms with E-state index in [1.54, 1.807) is 0 Å². The average Bonchev–Trinajstić information content (AvgIpc) is 2.58. The highest BCUT2D eigenvalue weighted by Gasteiger charge is 2.21. The minimum atomic E-state index is 0.0444. The Bertz CT molecular complexity index is 634. The van der Waals surface area contributed by atoms with Crippen LogP contribution in [0.2, 0.25) is 0 Å². The number of rotatable bonds is 4. The molecule has 1 aliphatic rings. The minimum Gasteiger partial charge on any atom is -0.349 e. The van der Waals surface area contributed by atoms with Crippen LogP contribution in [0.3, 0.4) is 0 Å². The van der Waals surface area contributed by atoms with Gasteiger partial charge in [0.2, 0.25) is 0 Å². The molecule has 0 unspecified atom stereocenters. The largest absolute Gasteiger partial charge is 0.349 e. The first kappa shape index (κ1) is 16.5. The number of carbonyl (C=O) groups excluding carboxylic acids is 1. The van der Waals surface area contributed by atoms with Crippen LogP contribution in [0.5, 0.6) is 0 Å². The van der Waals surface area contributed by atoms with E-state index in [1.807, 2.05) is 24.3 Å². The van der Waals surface area contributed by atoms with Gasteiger partial charge in [0.25, 0.3) is 5.91 Å². The molecule has 0 saturated carbocycles. The molecule has 2 aromatic carbocycles. The third-order valence-corrected chi connectivity index (χ3v) is 5.00. The van der Waals surface area contributed by atoms with Crippen molar-refractivity contribution in [2.75, 3.05) is 13.1 Å². The molecule has 1 saturated heterocycles. The van der Waals surface area contributed by atoms with Crippen LogP contribution in [0.25, 0.3) is 0 Å². The summed E-state index contributed by atoms with van der Waals surface area (Å²) in [5.74, 6) is 0.0444. The molecule has 0 atom stereocenters. The molecule has 1 aliphatic heterocycles. The Morgan fingerprint density at radius 1 is 1.04 bits per heavy atom. The van der Waals surface area contributed by atoms with E-state index in [0.717, 1.165) is 41.6 Å². The highest BCUT2D eigenvalue weighted by atomic mass is 127. The van der Waals surface area contributed by atoms with Gasteiger partial charge in [-0.15, -0.1) is 0 Å². The Labute approximate surface area is 151 Å². The summed E-state index contributed by atoms with van der Waals surface area (Å²) in [5.41, 5.74) is 2.10. The molecule has 120 valence electrons. The van der Waals surface area contributed by atoms with Crippen molar-refractivity contribution in [1.29, 1.82) is 0 Å². The van der Waals surface area contributed by atoms with Crippen molar-refractivity contribution in [3.63, 3.8) is 0 Å². The molecule has 3 nitrogen and oxygen atoms in total. The summed E-state index contributed by atoms with van der Waals surface area (Å²) in [7, 11) is 0. The summed E-state index contributed by atoms with van der Waals surface area (Å²) in [4.78, 5) is 14.7. The van der Waals surface area contributed by atoms with Crippen LogP contribution in [0, 0.1) is 3.57 Å². The van der Waals surface area contributed by atoms with Gasteiger partial charge in [-0.2, -0.15) is 0 Å². The van der Waals surface area contributed by atoms with Gasteiger partial charge in [-0.25, -0.2) is 0 Å². The fourth-order valence-corrected chi connectivity index (χ4v) is 3.31. The lowest BCUT2D eigenvalue weighted by molar-refractivity contribution is 0.0909. The van der Waals surface area contributed by atoms with E-state index in [-0.39, 0.29) is 11.9 Å². The zero-order chi connectivity index (χ0) is 16.1. The third-order valence-electron chi connectivity index (χ3n) is 4.28. The van der Waals surface area contributed by atoms with E-state index in [9.17, 15) is 4.79 Å². The number of benzene rings is 2. The monoisotopic (exact) mass is 419 g/mol. The topological polar surface area (TPSA) is 32.3 Å². The number of hydrogen-bond donors (Lipinski definition) is 1. The molecule has 3 rings (SSSR count). The molecule has 0 radical (unpaired) electrons. The van der Waals surface area contributed by atoms with Gasteiger partial charge < -0.3 is 5.32 Å². The number of hydrogen-bond acceptors (Lipinski definition) is 2. The van der Waals surface area contributed by atoms with E-state index in [0.29, 0.717) is 0 Å². The summed E-state index contributed by atoms with van der Waals surface area (Å²) in [6, 6.07) is 18.6. The van der Waals surface area contributed by atoms with Crippen LogP contribution in [-0.4, -0.2) is 29.9 Å². The number of halogens is 1. The van der Waals surface area contributed by atoms with Crippen molar-refractivity contribution >= 4 is 28.5 Å². The van der Waals surface area contributed by atoms with Crippen LogP contribution in [0.1, 0.15) is 28.8 Å². The number of nitrogens with zero attached hydrogens (tertiary/aromatic N) is 1. The van der Waals surface area contributed by atoms with Crippen LogP contribution in [0.4, 0.5) is 0 Å². The van der Waals surface area contributed by atoms with Gasteiger partial charge in [-0.05, 0) is 65.3 Å². The molecule has 1 heterocycles. The second-order valence-corrected chi connectivity index (χ2v) is 7.26. The van der Waals surface area contributed by atoms with Gasteiger partial charge in [0.1, 0.15) is 0 Å². The molecule has 23 heavy (non-hydrogen) atoms. The van der Waals surface area contributed by atoms with Crippen LogP contribution >= 0.6 is 22.6 Å². The molecule has 1 N–H and O–H groups in total. The van der Waals surface area contributed by atoms with Crippen molar-refractivity contribution in [3.8, 4) is 0 Å². The first-order chi connectivity index (χ1) is 11.2. The Balaban J connectivity index is 1.47. The third kappa shape index (κ3) is 4.78. The summed E-state index contributed by atoms with van der Waals surface area (Å²) in [5, 5.41) is 3.17. The summed E-state index contributed by atoms with van der Waals surface area (Å²) < 4.78 is 1.15. The molecular formula is C19H21IN2O. The number of piperidine rings is 1. The molecule has 4 heteroatoms. The SMILES string of the molecule is O=[11C](NC1CCN(Cc2ccccc2)CC1)c1ccc(I)cc1. The minimum absolute atomic E-state index is 0.0444. The predicted molar refractivity (Wildman–Crippen MR) is 101 cm³/mol. The molecule has 1 fully saturated rings. The van der Waals surface area contributed by atoms with Gasteiger partial charge in [-0.1, -0.05) is 30.3 Å². The van der Waals surface area contributed by atoms with Crippen LogP contribution < -0.4 is 5.32 Å². The number of likely N-dealkylation sites (tertiary alicyclic amines) is 1. The van der Waals surface area contributed by atoms with Gasteiger partial charge in [-0.3, -0.25) is 9.69 Å². The molecule has 0 aromatic heterocycles. The Morgan fingerprint density at radius 2 is 1.70 bits per heavy atom. The maximum Gasteiger partial charge on any atom is 0.251 e.